The van der Waals surface area contributed by atoms with Crippen molar-refractivity contribution in [2.45, 2.75) is 18.2 Å². The van der Waals surface area contributed by atoms with Gasteiger partial charge in [0.15, 0.2) is 16.7 Å². The predicted octanol–water partition coefficient (Wildman–Crippen LogP) is 3.24. The van der Waals surface area contributed by atoms with E-state index in [0.717, 1.165) is 5.56 Å². The maximum atomic E-state index is 13.1. The van der Waals surface area contributed by atoms with Gasteiger partial charge in [-0.15, -0.1) is 11.3 Å². The van der Waals surface area contributed by atoms with Crippen LogP contribution in [-0.4, -0.2) is 28.0 Å². The van der Waals surface area contributed by atoms with Crippen molar-refractivity contribution in [3.05, 3.63) is 69.7 Å². The minimum atomic E-state index is -0.171. The van der Waals surface area contributed by atoms with Crippen molar-refractivity contribution in [3.8, 4) is 11.5 Å². The van der Waals surface area contributed by atoms with Crippen LogP contribution in [0.5, 0.6) is 11.5 Å². The fourth-order valence-electron chi connectivity index (χ4n) is 3.17. The van der Waals surface area contributed by atoms with E-state index in [1.165, 1.54) is 23.1 Å². The molecule has 158 valence electrons. The topological polar surface area (TPSA) is 95.6 Å². The van der Waals surface area contributed by atoms with E-state index in [0.29, 0.717) is 45.7 Å². The van der Waals surface area contributed by atoms with Crippen molar-refractivity contribution in [1.82, 2.24) is 14.9 Å². The Morgan fingerprint density at radius 2 is 2.13 bits per heavy atom. The molecular formula is C21H17N3O5S2. The van der Waals surface area contributed by atoms with Gasteiger partial charge in [-0.2, -0.15) is 0 Å². The summed E-state index contributed by atoms with van der Waals surface area (Å²) in [4.78, 5) is 30.0. The van der Waals surface area contributed by atoms with E-state index in [9.17, 15) is 9.59 Å². The molecule has 0 saturated heterocycles. The molecule has 0 spiro atoms. The van der Waals surface area contributed by atoms with Crippen LogP contribution in [0, 0.1) is 0 Å². The number of amides is 1. The standard InChI is InChI=1S/C21H17N3O5S2/c25-18(22-9-14-2-1-6-27-14)11-31-21-23-15-5-7-30-19(15)20(26)24(21)10-13-3-4-16-17(8-13)29-12-28-16/h1-8H,9-12H2,(H,22,25). The number of ether oxygens (including phenoxy) is 2. The second kappa shape index (κ2) is 8.48. The Kier molecular flexibility index (Phi) is 5.39. The molecule has 4 aromatic rings. The lowest BCUT2D eigenvalue weighted by atomic mass is 10.2. The minimum absolute atomic E-state index is 0.129. The summed E-state index contributed by atoms with van der Waals surface area (Å²) in [6.07, 6.45) is 1.56. The molecule has 1 aromatic carbocycles. The highest BCUT2D eigenvalue weighted by Crippen LogP contribution is 2.33. The SMILES string of the molecule is O=C(CSc1nc2ccsc2c(=O)n1Cc1ccc2c(c1)OCO2)NCc1ccco1. The van der Waals surface area contributed by atoms with E-state index < -0.39 is 0 Å². The van der Waals surface area contributed by atoms with Crippen LogP contribution in [0.15, 0.2) is 62.4 Å². The van der Waals surface area contributed by atoms with Crippen LogP contribution in [0.4, 0.5) is 0 Å². The normalized spacial score (nSPS) is 12.4. The zero-order valence-electron chi connectivity index (χ0n) is 16.2. The van der Waals surface area contributed by atoms with Gasteiger partial charge in [0.05, 0.1) is 30.6 Å². The summed E-state index contributed by atoms with van der Waals surface area (Å²) in [6.45, 7) is 0.815. The van der Waals surface area contributed by atoms with Crippen LogP contribution in [0.2, 0.25) is 0 Å². The molecule has 1 aliphatic rings. The van der Waals surface area contributed by atoms with Crippen LogP contribution < -0.4 is 20.3 Å². The number of aromatic nitrogens is 2. The molecule has 0 radical (unpaired) electrons. The number of nitrogens with one attached hydrogen (secondary N) is 1. The number of rotatable bonds is 7. The highest BCUT2D eigenvalue weighted by Gasteiger charge is 2.17. The molecular weight excluding hydrogens is 438 g/mol. The van der Waals surface area contributed by atoms with E-state index in [1.807, 2.05) is 29.6 Å². The van der Waals surface area contributed by atoms with Crippen LogP contribution >= 0.6 is 23.1 Å². The summed E-state index contributed by atoms with van der Waals surface area (Å²) < 4.78 is 18.2. The summed E-state index contributed by atoms with van der Waals surface area (Å²) in [7, 11) is 0. The van der Waals surface area contributed by atoms with Crippen molar-refractivity contribution in [2.24, 2.45) is 0 Å². The van der Waals surface area contributed by atoms with Gasteiger partial charge in [0.2, 0.25) is 12.7 Å². The Balaban J connectivity index is 1.37. The first-order valence-electron chi connectivity index (χ1n) is 9.46. The molecule has 0 bridgehead atoms. The Bertz CT molecular complexity index is 1300. The van der Waals surface area contributed by atoms with E-state index in [2.05, 4.69) is 10.3 Å². The van der Waals surface area contributed by atoms with Crippen molar-refractivity contribution >= 4 is 39.2 Å². The van der Waals surface area contributed by atoms with Crippen molar-refractivity contribution in [1.29, 1.82) is 0 Å². The summed E-state index contributed by atoms with van der Waals surface area (Å²) in [5.41, 5.74) is 1.39. The maximum Gasteiger partial charge on any atom is 0.272 e. The van der Waals surface area contributed by atoms with Gasteiger partial charge < -0.3 is 19.2 Å². The summed E-state index contributed by atoms with van der Waals surface area (Å²) >= 11 is 2.59. The number of hydrogen-bond donors (Lipinski definition) is 1. The zero-order chi connectivity index (χ0) is 21.2. The summed E-state index contributed by atoms with van der Waals surface area (Å²) in [6, 6.07) is 11.0. The molecule has 0 saturated carbocycles. The Morgan fingerprint density at radius 3 is 3.00 bits per heavy atom. The average molecular weight is 456 g/mol. The number of thioether (sulfide) groups is 1. The smallest absolute Gasteiger partial charge is 0.272 e. The molecule has 1 amide bonds. The first kappa shape index (κ1) is 19.7. The second-order valence-corrected chi connectivity index (χ2v) is 8.61. The molecule has 0 unspecified atom stereocenters. The fraction of sp³-hybridized carbons (Fsp3) is 0.190. The highest BCUT2D eigenvalue weighted by atomic mass is 32.2. The van der Waals surface area contributed by atoms with Gasteiger partial charge in [0, 0.05) is 0 Å². The maximum absolute atomic E-state index is 13.1. The van der Waals surface area contributed by atoms with Gasteiger partial charge in [-0.3, -0.25) is 14.2 Å². The van der Waals surface area contributed by atoms with E-state index >= 15 is 0 Å². The molecule has 31 heavy (non-hydrogen) atoms. The summed E-state index contributed by atoms with van der Waals surface area (Å²) in [5, 5.41) is 5.13. The Hall–Kier alpha value is -3.24. The molecule has 1 N–H and O–H groups in total. The lowest BCUT2D eigenvalue weighted by molar-refractivity contribution is -0.118. The Labute approximate surface area is 184 Å². The predicted molar refractivity (Wildman–Crippen MR) is 117 cm³/mol. The lowest BCUT2D eigenvalue weighted by Gasteiger charge is -2.12. The first-order chi connectivity index (χ1) is 15.2. The van der Waals surface area contributed by atoms with Crippen molar-refractivity contribution in [3.63, 3.8) is 0 Å². The molecule has 3 aromatic heterocycles. The fourth-order valence-corrected chi connectivity index (χ4v) is 4.78. The highest BCUT2D eigenvalue weighted by molar-refractivity contribution is 7.99. The summed E-state index contributed by atoms with van der Waals surface area (Å²) in [5.74, 6) is 1.98. The number of furan rings is 1. The first-order valence-corrected chi connectivity index (χ1v) is 11.3. The van der Waals surface area contributed by atoms with Crippen LogP contribution in [0.3, 0.4) is 0 Å². The number of fused-ring (bicyclic) bond motifs is 2. The molecule has 1 aliphatic heterocycles. The number of carbonyl (C=O) groups excluding carboxylic acids is 1. The third-order valence-corrected chi connectivity index (χ3v) is 6.55. The van der Waals surface area contributed by atoms with Crippen LogP contribution in [-0.2, 0) is 17.9 Å². The molecule has 4 heterocycles. The molecule has 0 fully saturated rings. The number of nitrogens with zero attached hydrogens (tertiary/aromatic N) is 2. The molecule has 5 rings (SSSR count). The van der Waals surface area contributed by atoms with Crippen molar-refractivity contribution in [2.75, 3.05) is 12.5 Å². The number of thiophene rings is 1. The number of carbonyl (C=O) groups is 1. The lowest BCUT2D eigenvalue weighted by Crippen LogP contribution is -2.26. The van der Waals surface area contributed by atoms with Gasteiger partial charge in [-0.25, -0.2) is 4.98 Å². The largest absolute Gasteiger partial charge is 0.467 e. The van der Waals surface area contributed by atoms with Gasteiger partial charge in [-0.05, 0) is 41.3 Å². The number of benzene rings is 1. The van der Waals surface area contributed by atoms with Gasteiger partial charge >= 0.3 is 0 Å². The van der Waals surface area contributed by atoms with Crippen LogP contribution in [0.25, 0.3) is 10.2 Å². The third kappa shape index (κ3) is 4.17. The molecule has 10 heteroatoms. The van der Waals surface area contributed by atoms with E-state index in [4.69, 9.17) is 13.9 Å². The van der Waals surface area contributed by atoms with Gasteiger partial charge in [0.1, 0.15) is 10.5 Å². The minimum Gasteiger partial charge on any atom is -0.467 e. The average Bonchev–Trinajstić information content (AvgIpc) is 3.54. The van der Waals surface area contributed by atoms with Gasteiger partial charge in [-0.1, -0.05) is 17.8 Å². The molecule has 8 nitrogen and oxygen atoms in total. The van der Waals surface area contributed by atoms with E-state index in [-0.39, 0.29) is 24.0 Å². The molecule has 0 aliphatic carbocycles. The quantitative estimate of drug-likeness (QED) is 0.338. The Morgan fingerprint density at radius 1 is 1.23 bits per heavy atom. The van der Waals surface area contributed by atoms with Gasteiger partial charge in [0.25, 0.3) is 5.56 Å². The molecule has 0 atom stereocenters. The number of hydrogen-bond acceptors (Lipinski definition) is 8. The zero-order valence-corrected chi connectivity index (χ0v) is 17.8. The van der Waals surface area contributed by atoms with Crippen molar-refractivity contribution < 1.29 is 18.7 Å². The van der Waals surface area contributed by atoms with Crippen LogP contribution in [0.1, 0.15) is 11.3 Å². The van der Waals surface area contributed by atoms with E-state index in [1.54, 1.807) is 23.0 Å². The third-order valence-electron chi connectivity index (χ3n) is 4.68. The monoisotopic (exact) mass is 455 g/mol. The second-order valence-electron chi connectivity index (χ2n) is 6.75.